The molecule has 0 heterocycles. The van der Waals surface area contributed by atoms with E-state index in [1.165, 1.54) is 10.8 Å². The van der Waals surface area contributed by atoms with Crippen molar-refractivity contribution in [3.05, 3.63) is 42.5 Å². The first-order valence-electron chi connectivity index (χ1n) is 7.14. The van der Waals surface area contributed by atoms with E-state index in [0.29, 0.717) is 18.9 Å². The Balaban J connectivity index is 1.82. The quantitative estimate of drug-likeness (QED) is 0.844. The minimum Gasteiger partial charge on any atom is -0.385 e. The number of rotatable bonds is 6. The van der Waals surface area contributed by atoms with Crippen LogP contribution < -0.4 is 10.6 Å². The van der Waals surface area contributed by atoms with E-state index in [1.54, 1.807) is 0 Å². The fraction of sp³-hybridized carbons (Fsp3) is 0.353. The zero-order chi connectivity index (χ0) is 14.4. The van der Waals surface area contributed by atoms with Crippen LogP contribution in [0.4, 0.5) is 5.69 Å². The highest BCUT2D eigenvalue weighted by atomic mass is 16.1. The van der Waals surface area contributed by atoms with Crippen molar-refractivity contribution >= 4 is 22.4 Å². The monoisotopic (exact) mass is 270 g/mol. The Bertz CT molecular complexity index is 578. The van der Waals surface area contributed by atoms with Gasteiger partial charge in [-0.1, -0.05) is 44.2 Å². The molecular formula is C17H22N2O. The topological polar surface area (TPSA) is 41.1 Å². The molecule has 1 amide bonds. The Morgan fingerprint density at radius 1 is 1.10 bits per heavy atom. The Labute approximate surface area is 120 Å². The normalized spacial score (nSPS) is 10.8. The molecule has 0 aliphatic heterocycles. The van der Waals surface area contributed by atoms with Crippen molar-refractivity contribution in [1.29, 1.82) is 0 Å². The number of anilines is 1. The molecule has 0 radical (unpaired) electrons. The van der Waals surface area contributed by atoms with Crippen LogP contribution in [0.2, 0.25) is 0 Å². The zero-order valence-electron chi connectivity index (χ0n) is 12.1. The van der Waals surface area contributed by atoms with Gasteiger partial charge in [-0.3, -0.25) is 4.79 Å². The average Bonchev–Trinajstić information content (AvgIpc) is 2.45. The summed E-state index contributed by atoms with van der Waals surface area (Å²) >= 11 is 0. The van der Waals surface area contributed by atoms with Crippen LogP contribution in [0.3, 0.4) is 0 Å². The third-order valence-electron chi connectivity index (χ3n) is 3.14. The Kier molecular flexibility index (Phi) is 4.99. The molecule has 0 saturated carbocycles. The highest BCUT2D eigenvalue weighted by molar-refractivity contribution is 5.85. The van der Waals surface area contributed by atoms with E-state index in [9.17, 15) is 4.79 Å². The predicted octanol–water partition coefficient (Wildman–Crippen LogP) is 3.41. The summed E-state index contributed by atoms with van der Waals surface area (Å²) in [7, 11) is 0. The number of benzene rings is 2. The van der Waals surface area contributed by atoms with E-state index in [0.717, 1.165) is 12.2 Å². The van der Waals surface area contributed by atoms with Crippen LogP contribution in [-0.4, -0.2) is 19.0 Å². The second-order valence-corrected chi connectivity index (χ2v) is 5.44. The van der Waals surface area contributed by atoms with E-state index in [1.807, 2.05) is 18.2 Å². The smallest absolute Gasteiger partial charge is 0.221 e. The molecule has 106 valence electrons. The molecule has 2 N–H and O–H groups in total. The maximum absolute atomic E-state index is 11.6. The molecule has 3 nitrogen and oxygen atoms in total. The van der Waals surface area contributed by atoms with Crippen LogP contribution >= 0.6 is 0 Å². The number of fused-ring (bicyclic) bond motifs is 1. The predicted molar refractivity (Wildman–Crippen MR) is 84.9 cm³/mol. The van der Waals surface area contributed by atoms with Crippen molar-refractivity contribution in [2.45, 2.75) is 20.3 Å². The lowest BCUT2D eigenvalue weighted by atomic mass is 10.1. The van der Waals surface area contributed by atoms with Gasteiger partial charge in [0.1, 0.15) is 0 Å². The molecule has 0 bridgehead atoms. The molecule has 0 saturated heterocycles. The van der Waals surface area contributed by atoms with Crippen molar-refractivity contribution in [2.24, 2.45) is 5.92 Å². The fourth-order valence-electron chi connectivity index (χ4n) is 2.03. The molecule has 2 aromatic carbocycles. The largest absolute Gasteiger partial charge is 0.385 e. The van der Waals surface area contributed by atoms with E-state index < -0.39 is 0 Å². The first-order valence-corrected chi connectivity index (χ1v) is 7.14. The van der Waals surface area contributed by atoms with Gasteiger partial charge in [0.15, 0.2) is 0 Å². The van der Waals surface area contributed by atoms with Gasteiger partial charge < -0.3 is 10.6 Å². The summed E-state index contributed by atoms with van der Waals surface area (Å²) < 4.78 is 0. The van der Waals surface area contributed by atoms with Gasteiger partial charge >= 0.3 is 0 Å². The Hall–Kier alpha value is -2.03. The van der Waals surface area contributed by atoms with Crippen molar-refractivity contribution in [3.8, 4) is 0 Å². The highest BCUT2D eigenvalue weighted by Gasteiger charge is 2.02. The van der Waals surface area contributed by atoms with Gasteiger partial charge in [0, 0.05) is 25.2 Å². The Morgan fingerprint density at radius 3 is 2.60 bits per heavy atom. The number of carbonyl (C=O) groups is 1. The number of hydrogen-bond donors (Lipinski definition) is 2. The number of carbonyl (C=O) groups excluding carboxylic acids is 1. The van der Waals surface area contributed by atoms with Crippen LogP contribution in [-0.2, 0) is 4.79 Å². The van der Waals surface area contributed by atoms with Crippen molar-refractivity contribution in [3.63, 3.8) is 0 Å². The van der Waals surface area contributed by atoms with Crippen molar-refractivity contribution in [2.75, 3.05) is 18.4 Å². The standard InChI is InChI=1S/C17H22N2O/c1-13(2)12-19-17(20)9-10-18-16-8-7-14-5-3-4-6-15(14)11-16/h3-8,11,13,18H,9-10,12H2,1-2H3,(H,19,20). The average molecular weight is 270 g/mol. The minimum absolute atomic E-state index is 0.104. The molecule has 2 aromatic rings. The van der Waals surface area contributed by atoms with Crippen LogP contribution in [0.1, 0.15) is 20.3 Å². The molecule has 0 fully saturated rings. The third-order valence-corrected chi connectivity index (χ3v) is 3.14. The minimum atomic E-state index is 0.104. The Morgan fingerprint density at radius 2 is 1.85 bits per heavy atom. The molecule has 20 heavy (non-hydrogen) atoms. The SMILES string of the molecule is CC(C)CNC(=O)CCNc1ccc2ccccc2c1. The molecule has 0 aliphatic rings. The van der Waals surface area contributed by atoms with Gasteiger partial charge in [0.2, 0.25) is 5.91 Å². The summed E-state index contributed by atoms with van der Waals surface area (Å²) in [6.45, 7) is 5.58. The van der Waals surface area contributed by atoms with Gasteiger partial charge in [0.05, 0.1) is 0 Å². The molecule has 0 aliphatic carbocycles. The number of amides is 1. The van der Waals surface area contributed by atoms with E-state index in [4.69, 9.17) is 0 Å². The van der Waals surface area contributed by atoms with E-state index in [-0.39, 0.29) is 5.91 Å². The van der Waals surface area contributed by atoms with E-state index >= 15 is 0 Å². The lowest BCUT2D eigenvalue weighted by Crippen LogP contribution is -2.28. The van der Waals surface area contributed by atoms with E-state index in [2.05, 4.69) is 48.7 Å². The maximum Gasteiger partial charge on any atom is 0.221 e. The van der Waals surface area contributed by atoms with Gasteiger partial charge in [-0.15, -0.1) is 0 Å². The number of hydrogen-bond acceptors (Lipinski definition) is 2. The van der Waals surface area contributed by atoms with Gasteiger partial charge in [-0.05, 0) is 28.8 Å². The van der Waals surface area contributed by atoms with Crippen LogP contribution in [0.5, 0.6) is 0 Å². The molecule has 0 spiro atoms. The van der Waals surface area contributed by atoms with Gasteiger partial charge in [-0.2, -0.15) is 0 Å². The first kappa shape index (κ1) is 14.4. The second-order valence-electron chi connectivity index (χ2n) is 5.44. The van der Waals surface area contributed by atoms with Gasteiger partial charge in [-0.25, -0.2) is 0 Å². The summed E-state index contributed by atoms with van der Waals surface area (Å²) in [5.41, 5.74) is 1.06. The molecule has 0 aromatic heterocycles. The summed E-state index contributed by atoms with van der Waals surface area (Å²) in [6.07, 6.45) is 0.500. The summed E-state index contributed by atoms with van der Waals surface area (Å²) in [5.74, 6) is 0.597. The van der Waals surface area contributed by atoms with Crippen molar-refractivity contribution in [1.82, 2.24) is 5.32 Å². The maximum atomic E-state index is 11.6. The highest BCUT2D eigenvalue weighted by Crippen LogP contribution is 2.18. The molecule has 3 heteroatoms. The summed E-state index contributed by atoms with van der Waals surface area (Å²) in [5, 5.41) is 8.65. The van der Waals surface area contributed by atoms with Crippen LogP contribution in [0, 0.1) is 5.92 Å². The zero-order valence-corrected chi connectivity index (χ0v) is 12.1. The second kappa shape index (κ2) is 6.94. The molecule has 0 unspecified atom stereocenters. The third kappa shape index (κ3) is 4.26. The summed E-state index contributed by atoms with van der Waals surface area (Å²) in [6, 6.07) is 14.5. The molecule has 2 rings (SSSR count). The van der Waals surface area contributed by atoms with Crippen molar-refractivity contribution < 1.29 is 4.79 Å². The molecule has 0 atom stereocenters. The number of nitrogens with one attached hydrogen (secondary N) is 2. The lowest BCUT2D eigenvalue weighted by Gasteiger charge is -2.09. The fourth-order valence-corrected chi connectivity index (χ4v) is 2.03. The first-order chi connectivity index (χ1) is 9.65. The van der Waals surface area contributed by atoms with Crippen LogP contribution in [0.25, 0.3) is 10.8 Å². The summed E-state index contributed by atoms with van der Waals surface area (Å²) in [4.78, 5) is 11.6. The van der Waals surface area contributed by atoms with Crippen LogP contribution in [0.15, 0.2) is 42.5 Å². The lowest BCUT2D eigenvalue weighted by molar-refractivity contribution is -0.120. The van der Waals surface area contributed by atoms with Gasteiger partial charge in [0.25, 0.3) is 0 Å². The molecular weight excluding hydrogens is 248 g/mol.